The molecule has 0 spiro atoms. The van der Waals surface area contributed by atoms with Gasteiger partial charge in [0.15, 0.2) is 13.2 Å². The lowest BCUT2D eigenvalue weighted by atomic mass is 10.1. The maximum Gasteiger partial charge on any atom is 0.276 e. The average Bonchev–Trinajstić information content (AvgIpc) is 2.76. The molecule has 0 aliphatic carbocycles. The van der Waals surface area contributed by atoms with E-state index < -0.39 is 11.8 Å². The predicted molar refractivity (Wildman–Crippen MR) is 118 cm³/mol. The van der Waals surface area contributed by atoms with Crippen molar-refractivity contribution in [1.82, 2.24) is 10.9 Å². The molecular formula is C23H21BrN2O4. The van der Waals surface area contributed by atoms with Crippen LogP contribution in [0.25, 0.3) is 11.1 Å². The Hall–Kier alpha value is -3.32. The number of carbonyl (C=O) groups excluding carboxylic acids is 2. The fourth-order valence-electron chi connectivity index (χ4n) is 2.60. The lowest BCUT2D eigenvalue weighted by Crippen LogP contribution is -2.45. The molecule has 0 radical (unpaired) electrons. The molecule has 7 heteroatoms. The van der Waals surface area contributed by atoms with Gasteiger partial charge in [0.25, 0.3) is 11.8 Å². The second-order valence-corrected chi connectivity index (χ2v) is 7.35. The van der Waals surface area contributed by atoms with E-state index in [0.29, 0.717) is 11.5 Å². The molecule has 0 aliphatic rings. The third kappa shape index (κ3) is 6.35. The second-order valence-electron chi connectivity index (χ2n) is 6.50. The Labute approximate surface area is 183 Å². The molecule has 30 heavy (non-hydrogen) atoms. The summed E-state index contributed by atoms with van der Waals surface area (Å²) < 4.78 is 11.6. The predicted octanol–water partition coefficient (Wildman–Crippen LogP) is 4.03. The van der Waals surface area contributed by atoms with Gasteiger partial charge in [0.1, 0.15) is 11.5 Å². The maximum atomic E-state index is 11.9. The van der Waals surface area contributed by atoms with E-state index in [-0.39, 0.29) is 13.2 Å². The molecule has 0 bridgehead atoms. The molecule has 0 heterocycles. The van der Waals surface area contributed by atoms with E-state index in [0.717, 1.165) is 21.2 Å². The van der Waals surface area contributed by atoms with Crippen LogP contribution >= 0.6 is 15.9 Å². The largest absolute Gasteiger partial charge is 0.484 e. The van der Waals surface area contributed by atoms with E-state index >= 15 is 0 Å². The molecular weight excluding hydrogens is 448 g/mol. The summed E-state index contributed by atoms with van der Waals surface area (Å²) in [6.45, 7) is 1.50. The van der Waals surface area contributed by atoms with Crippen LogP contribution in [-0.2, 0) is 9.59 Å². The van der Waals surface area contributed by atoms with Crippen LogP contribution < -0.4 is 20.3 Å². The van der Waals surface area contributed by atoms with Crippen LogP contribution in [0.1, 0.15) is 5.56 Å². The van der Waals surface area contributed by atoms with E-state index in [1.54, 1.807) is 18.2 Å². The number of hydrogen-bond donors (Lipinski definition) is 2. The number of ether oxygens (including phenoxy) is 2. The first-order valence-electron chi connectivity index (χ1n) is 9.26. The van der Waals surface area contributed by atoms with Crippen molar-refractivity contribution in [2.45, 2.75) is 6.92 Å². The molecule has 0 atom stereocenters. The van der Waals surface area contributed by atoms with E-state index in [9.17, 15) is 9.59 Å². The topological polar surface area (TPSA) is 76.7 Å². The lowest BCUT2D eigenvalue weighted by Gasteiger charge is -2.11. The summed E-state index contributed by atoms with van der Waals surface area (Å²) in [5.74, 6) is 0.142. The maximum absolute atomic E-state index is 11.9. The molecule has 3 aromatic rings. The normalized spacial score (nSPS) is 10.2. The molecule has 0 fully saturated rings. The zero-order valence-electron chi connectivity index (χ0n) is 16.4. The van der Waals surface area contributed by atoms with Crippen molar-refractivity contribution in [3.05, 3.63) is 82.8 Å². The summed E-state index contributed by atoms with van der Waals surface area (Å²) in [6, 6.07) is 22.9. The highest BCUT2D eigenvalue weighted by Gasteiger charge is 2.08. The van der Waals surface area contributed by atoms with Gasteiger partial charge in [0.05, 0.1) is 4.47 Å². The summed E-state index contributed by atoms with van der Waals surface area (Å²) in [7, 11) is 0. The van der Waals surface area contributed by atoms with Crippen LogP contribution in [0.15, 0.2) is 77.3 Å². The van der Waals surface area contributed by atoms with Gasteiger partial charge in [-0.25, -0.2) is 0 Å². The molecule has 0 unspecified atom stereocenters. The van der Waals surface area contributed by atoms with Crippen LogP contribution in [-0.4, -0.2) is 25.0 Å². The number of amides is 2. The standard InChI is InChI=1S/C23H21BrN2O4/c1-16-7-12-21(20(24)13-16)30-15-23(28)26-25-22(27)14-29-19-10-8-18(9-11-19)17-5-3-2-4-6-17/h2-13H,14-15H2,1H3,(H,25,27)(H,26,28). The highest BCUT2D eigenvalue weighted by atomic mass is 79.9. The van der Waals surface area contributed by atoms with Gasteiger partial charge in [-0.15, -0.1) is 0 Å². The van der Waals surface area contributed by atoms with Crippen molar-refractivity contribution in [2.24, 2.45) is 0 Å². The number of rotatable bonds is 7. The van der Waals surface area contributed by atoms with Gasteiger partial charge in [0, 0.05) is 0 Å². The van der Waals surface area contributed by atoms with Gasteiger partial charge in [0.2, 0.25) is 0 Å². The Morgan fingerprint density at radius 3 is 2.03 bits per heavy atom. The van der Waals surface area contributed by atoms with Gasteiger partial charge < -0.3 is 9.47 Å². The highest BCUT2D eigenvalue weighted by Crippen LogP contribution is 2.25. The van der Waals surface area contributed by atoms with Crippen molar-refractivity contribution in [3.63, 3.8) is 0 Å². The number of hydrazine groups is 1. The van der Waals surface area contributed by atoms with Gasteiger partial charge in [-0.3, -0.25) is 20.4 Å². The van der Waals surface area contributed by atoms with Crippen molar-refractivity contribution in [1.29, 1.82) is 0 Å². The third-order valence-electron chi connectivity index (χ3n) is 4.12. The molecule has 0 aromatic heterocycles. The average molecular weight is 469 g/mol. The van der Waals surface area contributed by atoms with Gasteiger partial charge in [-0.1, -0.05) is 48.5 Å². The number of carbonyl (C=O) groups is 2. The van der Waals surface area contributed by atoms with Crippen molar-refractivity contribution >= 4 is 27.7 Å². The minimum Gasteiger partial charge on any atom is -0.484 e. The third-order valence-corrected chi connectivity index (χ3v) is 4.74. The van der Waals surface area contributed by atoms with E-state index in [1.165, 1.54) is 0 Å². The Morgan fingerprint density at radius 1 is 0.800 bits per heavy atom. The van der Waals surface area contributed by atoms with E-state index in [4.69, 9.17) is 9.47 Å². The zero-order valence-corrected chi connectivity index (χ0v) is 17.9. The zero-order chi connectivity index (χ0) is 21.3. The Morgan fingerprint density at radius 2 is 1.40 bits per heavy atom. The fourth-order valence-corrected chi connectivity index (χ4v) is 3.21. The summed E-state index contributed by atoms with van der Waals surface area (Å²) >= 11 is 3.38. The van der Waals surface area contributed by atoms with Crippen LogP contribution in [0, 0.1) is 6.92 Å². The quantitative estimate of drug-likeness (QED) is 0.513. The summed E-state index contributed by atoms with van der Waals surface area (Å²) in [5, 5.41) is 0. The van der Waals surface area contributed by atoms with Crippen molar-refractivity contribution in [2.75, 3.05) is 13.2 Å². The number of nitrogens with one attached hydrogen (secondary N) is 2. The first-order chi connectivity index (χ1) is 14.5. The first kappa shape index (κ1) is 21.4. The van der Waals surface area contributed by atoms with E-state index in [1.807, 2.05) is 61.5 Å². The fraction of sp³-hybridized carbons (Fsp3) is 0.130. The van der Waals surface area contributed by atoms with E-state index in [2.05, 4.69) is 26.8 Å². The molecule has 3 rings (SSSR count). The number of hydrogen-bond acceptors (Lipinski definition) is 4. The lowest BCUT2D eigenvalue weighted by molar-refractivity contribution is -0.131. The number of halogens is 1. The highest BCUT2D eigenvalue weighted by molar-refractivity contribution is 9.10. The van der Waals surface area contributed by atoms with Crippen LogP contribution in [0.5, 0.6) is 11.5 Å². The van der Waals surface area contributed by atoms with Crippen LogP contribution in [0.2, 0.25) is 0 Å². The molecule has 2 amide bonds. The molecule has 0 saturated carbocycles. The van der Waals surface area contributed by atoms with Crippen LogP contribution in [0.4, 0.5) is 0 Å². The second kappa shape index (κ2) is 10.5. The number of benzene rings is 3. The molecule has 6 nitrogen and oxygen atoms in total. The molecule has 0 aliphatic heterocycles. The first-order valence-corrected chi connectivity index (χ1v) is 10.1. The summed E-state index contributed by atoms with van der Waals surface area (Å²) in [5.41, 5.74) is 7.81. The van der Waals surface area contributed by atoms with Gasteiger partial charge in [-0.05, 0) is 63.8 Å². The molecule has 3 aromatic carbocycles. The smallest absolute Gasteiger partial charge is 0.276 e. The Kier molecular flexibility index (Phi) is 7.45. The minimum atomic E-state index is -0.483. The SMILES string of the molecule is Cc1ccc(OCC(=O)NNC(=O)COc2ccc(-c3ccccc3)cc2)c(Br)c1. The van der Waals surface area contributed by atoms with Gasteiger partial charge in [-0.2, -0.15) is 0 Å². The van der Waals surface area contributed by atoms with Gasteiger partial charge >= 0.3 is 0 Å². The van der Waals surface area contributed by atoms with Crippen molar-refractivity contribution < 1.29 is 19.1 Å². The minimum absolute atomic E-state index is 0.227. The van der Waals surface area contributed by atoms with Crippen molar-refractivity contribution in [3.8, 4) is 22.6 Å². The van der Waals surface area contributed by atoms with Crippen LogP contribution in [0.3, 0.4) is 0 Å². The Bertz CT molecular complexity index is 1010. The summed E-state index contributed by atoms with van der Waals surface area (Å²) in [4.78, 5) is 23.7. The molecule has 0 saturated heterocycles. The number of aryl methyl sites for hydroxylation is 1. The molecule has 2 N–H and O–H groups in total. The molecule has 154 valence electrons. The monoisotopic (exact) mass is 468 g/mol. The Balaban J connectivity index is 1.38. The summed E-state index contributed by atoms with van der Waals surface area (Å²) in [6.07, 6.45) is 0.